The second-order valence-electron chi connectivity index (χ2n) is 5.73. The highest BCUT2D eigenvalue weighted by Gasteiger charge is 2.09. The SMILES string of the molecule is CN(C)c1ccc(C=C(C#N)c2nc3ccc(Cl)cc3c(=O)[nH]2)cc1. The van der Waals surface area contributed by atoms with Crippen LogP contribution in [0.4, 0.5) is 5.69 Å². The fourth-order valence-corrected chi connectivity index (χ4v) is 2.60. The number of anilines is 1. The van der Waals surface area contributed by atoms with E-state index >= 15 is 0 Å². The summed E-state index contributed by atoms with van der Waals surface area (Å²) in [7, 11) is 3.92. The number of nitrogens with zero attached hydrogens (tertiary/aromatic N) is 3. The average Bonchev–Trinajstić information content (AvgIpc) is 2.60. The lowest BCUT2D eigenvalue weighted by atomic mass is 10.1. The Balaban J connectivity index is 2.06. The third kappa shape index (κ3) is 3.54. The minimum absolute atomic E-state index is 0.235. The minimum Gasteiger partial charge on any atom is -0.378 e. The van der Waals surface area contributed by atoms with Crippen molar-refractivity contribution in [3.05, 3.63) is 69.2 Å². The Bertz CT molecular complexity index is 1060. The van der Waals surface area contributed by atoms with Gasteiger partial charge in [-0.3, -0.25) is 4.79 Å². The summed E-state index contributed by atoms with van der Waals surface area (Å²) < 4.78 is 0. The molecule has 0 saturated carbocycles. The first-order valence-electron chi connectivity index (χ1n) is 7.57. The summed E-state index contributed by atoms with van der Waals surface area (Å²) in [6.45, 7) is 0. The van der Waals surface area contributed by atoms with Gasteiger partial charge < -0.3 is 9.88 Å². The van der Waals surface area contributed by atoms with Gasteiger partial charge in [0.05, 0.1) is 16.5 Å². The molecular weight excluding hydrogens is 336 g/mol. The van der Waals surface area contributed by atoms with Gasteiger partial charge in [-0.1, -0.05) is 23.7 Å². The monoisotopic (exact) mass is 350 g/mol. The Hall–Kier alpha value is -3.10. The smallest absolute Gasteiger partial charge is 0.259 e. The standard InChI is InChI=1S/C19H15ClN4O/c1-24(2)15-6-3-12(4-7-15)9-13(11-21)18-22-17-8-5-14(20)10-16(17)19(25)23-18/h3-10H,1-2H3,(H,22,23,25). The zero-order valence-corrected chi connectivity index (χ0v) is 14.5. The summed E-state index contributed by atoms with van der Waals surface area (Å²) in [5, 5.41) is 10.3. The molecule has 124 valence electrons. The van der Waals surface area contributed by atoms with Crippen molar-refractivity contribution in [3.8, 4) is 6.07 Å². The number of hydrogen-bond acceptors (Lipinski definition) is 4. The van der Waals surface area contributed by atoms with Gasteiger partial charge in [0, 0.05) is 24.8 Å². The van der Waals surface area contributed by atoms with Gasteiger partial charge in [0.25, 0.3) is 5.56 Å². The van der Waals surface area contributed by atoms with Crippen LogP contribution in [0.25, 0.3) is 22.6 Å². The topological polar surface area (TPSA) is 72.8 Å². The number of nitriles is 1. The summed E-state index contributed by atoms with van der Waals surface area (Å²) in [5.74, 6) is 0.235. The molecule has 1 heterocycles. The minimum atomic E-state index is -0.327. The normalized spacial score (nSPS) is 11.4. The lowest BCUT2D eigenvalue weighted by Gasteiger charge is -2.11. The van der Waals surface area contributed by atoms with E-state index in [1.165, 1.54) is 0 Å². The molecule has 3 aromatic rings. The number of allylic oxidation sites excluding steroid dienone is 1. The lowest BCUT2D eigenvalue weighted by molar-refractivity contribution is 1.13. The largest absolute Gasteiger partial charge is 0.378 e. The molecule has 0 atom stereocenters. The van der Waals surface area contributed by atoms with Crippen molar-refractivity contribution in [1.82, 2.24) is 9.97 Å². The Morgan fingerprint density at radius 3 is 2.60 bits per heavy atom. The van der Waals surface area contributed by atoms with Gasteiger partial charge >= 0.3 is 0 Å². The zero-order chi connectivity index (χ0) is 18.0. The Kier molecular flexibility index (Phi) is 4.55. The number of rotatable bonds is 3. The molecule has 2 aromatic carbocycles. The van der Waals surface area contributed by atoms with Crippen LogP contribution in [0.3, 0.4) is 0 Å². The number of nitrogens with one attached hydrogen (secondary N) is 1. The molecule has 3 rings (SSSR count). The molecular formula is C19H15ClN4O. The van der Waals surface area contributed by atoms with Gasteiger partial charge in [-0.05, 0) is 42.0 Å². The second-order valence-corrected chi connectivity index (χ2v) is 6.17. The fraction of sp³-hybridized carbons (Fsp3) is 0.105. The van der Waals surface area contributed by atoms with Crippen LogP contribution in [-0.4, -0.2) is 24.1 Å². The van der Waals surface area contributed by atoms with Crippen LogP contribution in [0.1, 0.15) is 11.4 Å². The van der Waals surface area contributed by atoms with Crippen molar-refractivity contribution < 1.29 is 0 Å². The summed E-state index contributed by atoms with van der Waals surface area (Å²) in [6.07, 6.45) is 1.69. The molecule has 0 fully saturated rings. The summed E-state index contributed by atoms with van der Waals surface area (Å²) in [4.78, 5) is 21.3. The van der Waals surface area contributed by atoms with Crippen molar-refractivity contribution in [2.24, 2.45) is 0 Å². The number of halogens is 1. The van der Waals surface area contributed by atoms with Gasteiger partial charge in [-0.15, -0.1) is 0 Å². The number of H-pyrrole nitrogens is 1. The summed E-state index contributed by atoms with van der Waals surface area (Å²) in [5.41, 5.74) is 2.36. The van der Waals surface area contributed by atoms with Gasteiger partial charge in [0.1, 0.15) is 6.07 Å². The quantitative estimate of drug-likeness (QED) is 0.731. The second kappa shape index (κ2) is 6.80. The van der Waals surface area contributed by atoms with Crippen molar-refractivity contribution in [2.45, 2.75) is 0 Å². The van der Waals surface area contributed by atoms with Crippen LogP contribution in [-0.2, 0) is 0 Å². The highest BCUT2D eigenvalue weighted by atomic mass is 35.5. The van der Waals surface area contributed by atoms with Gasteiger partial charge in [-0.2, -0.15) is 5.26 Å². The van der Waals surface area contributed by atoms with Crippen LogP contribution in [0, 0.1) is 11.3 Å². The maximum absolute atomic E-state index is 12.2. The Morgan fingerprint density at radius 2 is 1.96 bits per heavy atom. The van der Waals surface area contributed by atoms with E-state index < -0.39 is 0 Å². The highest BCUT2D eigenvalue weighted by Crippen LogP contribution is 2.19. The molecule has 0 aliphatic carbocycles. The van der Waals surface area contributed by atoms with E-state index in [2.05, 4.69) is 16.0 Å². The third-order valence-corrected chi connectivity index (χ3v) is 4.00. The first kappa shape index (κ1) is 16.7. The summed E-state index contributed by atoms with van der Waals surface area (Å²) in [6, 6.07) is 14.7. The zero-order valence-electron chi connectivity index (χ0n) is 13.7. The van der Waals surface area contributed by atoms with Crippen molar-refractivity contribution in [3.63, 3.8) is 0 Å². The molecule has 0 unspecified atom stereocenters. The van der Waals surface area contributed by atoms with E-state index in [1.807, 2.05) is 43.3 Å². The number of aromatic nitrogens is 2. The molecule has 25 heavy (non-hydrogen) atoms. The maximum Gasteiger partial charge on any atom is 0.259 e. The third-order valence-electron chi connectivity index (χ3n) is 3.76. The van der Waals surface area contributed by atoms with Crippen LogP contribution >= 0.6 is 11.6 Å². The van der Waals surface area contributed by atoms with Crippen molar-refractivity contribution in [2.75, 3.05) is 19.0 Å². The Morgan fingerprint density at radius 1 is 1.24 bits per heavy atom. The van der Waals surface area contributed by atoms with Crippen molar-refractivity contribution in [1.29, 1.82) is 5.26 Å². The molecule has 1 N–H and O–H groups in total. The van der Waals surface area contributed by atoms with Crippen LogP contribution in [0.15, 0.2) is 47.3 Å². The van der Waals surface area contributed by atoms with Gasteiger partial charge in [0.2, 0.25) is 0 Å². The molecule has 5 nitrogen and oxygen atoms in total. The fourth-order valence-electron chi connectivity index (χ4n) is 2.43. The highest BCUT2D eigenvalue weighted by molar-refractivity contribution is 6.31. The van der Waals surface area contributed by atoms with Crippen molar-refractivity contribution >= 4 is 39.8 Å². The van der Waals surface area contributed by atoms with E-state index in [-0.39, 0.29) is 17.0 Å². The first-order valence-corrected chi connectivity index (χ1v) is 7.95. The lowest BCUT2D eigenvalue weighted by Crippen LogP contribution is -2.11. The van der Waals surface area contributed by atoms with E-state index in [9.17, 15) is 10.1 Å². The molecule has 0 aliphatic heterocycles. The van der Waals surface area contributed by atoms with Gasteiger partial charge in [0.15, 0.2) is 5.82 Å². The molecule has 0 radical (unpaired) electrons. The average molecular weight is 351 g/mol. The molecule has 1 aromatic heterocycles. The predicted octanol–water partition coefficient (Wildman–Crippen LogP) is 3.71. The van der Waals surface area contributed by atoms with Crippen LogP contribution in [0.2, 0.25) is 5.02 Å². The maximum atomic E-state index is 12.2. The molecule has 0 bridgehead atoms. The summed E-state index contributed by atoms with van der Waals surface area (Å²) >= 11 is 5.91. The van der Waals surface area contributed by atoms with Gasteiger partial charge in [-0.25, -0.2) is 4.98 Å². The van der Waals surface area contributed by atoms with E-state index in [1.54, 1.807) is 24.3 Å². The van der Waals surface area contributed by atoms with E-state index in [0.717, 1.165) is 11.3 Å². The van der Waals surface area contributed by atoms with Crippen LogP contribution < -0.4 is 10.5 Å². The predicted molar refractivity (Wildman–Crippen MR) is 102 cm³/mol. The molecule has 0 saturated heterocycles. The Labute approximate surface area is 149 Å². The first-order chi connectivity index (χ1) is 12.0. The van der Waals surface area contributed by atoms with E-state index in [4.69, 9.17) is 11.6 Å². The molecule has 0 spiro atoms. The molecule has 0 aliphatic rings. The number of hydrogen-bond donors (Lipinski definition) is 1. The van der Waals surface area contributed by atoms with E-state index in [0.29, 0.717) is 15.9 Å². The number of aromatic amines is 1. The van der Waals surface area contributed by atoms with Crippen LogP contribution in [0.5, 0.6) is 0 Å². The number of benzene rings is 2. The molecule has 6 heteroatoms. The molecule has 0 amide bonds. The number of fused-ring (bicyclic) bond motifs is 1.